The predicted molar refractivity (Wildman–Crippen MR) is 102 cm³/mol. The van der Waals surface area contributed by atoms with Gasteiger partial charge < -0.3 is 10.0 Å². The van der Waals surface area contributed by atoms with Gasteiger partial charge >= 0.3 is 0 Å². The van der Waals surface area contributed by atoms with Crippen LogP contribution in [-0.2, 0) is 0 Å². The number of unbranched alkanes of at least 4 members (excludes halogenated alkanes) is 2. The van der Waals surface area contributed by atoms with Crippen molar-refractivity contribution in [2.24, 2.45) is 0 Å². The highest BCUT2D eigenvalue weighted by molar-refractivity contribution is 5.96. The number of rotatable bonds is 6. The molecule has 136 valence electrons. The maximum Gasteiger partial charge on any atom is 0.162 e. The molecule has 0 saturated carbocycles. The summed E-state index contributed by atoms with van der Waals surface area (Å²) >= 11 is 0. The average molecular weight is 334 g/mol. The van der Waals surface area contributed by atoms with Crippen molar-refractivity contribution < 1.29 is 9.90 Å². The van der Waals surface area contributed by atoms with Crippen molar-refractivity contribution in [2.75, 3.05) is 19.6 Å². The zero-order valence-electron chi connectivity index (χ0n) is 15.8. The number of carbonyl (C=O) groups is 1. The summed E-state index contributed by atoms with van der Waals surface area (Å²) in [6.45, 7) is 9.97. The summed E-state index contributed by atoms with van der Waals surface area (Å²) < 4.78 is 0. The van der Waals surface area contributed by atoms with E-state index in [1.54, 1.807) is 26.0 Å². The molecule has 1 aliphatic rings. The Labute approximate surface area is 148 Å². The van der Waals surface area contributed by atoms with E-state index in [-0.39, 0.29) is 11.5 Å². The van der Waals surface area contributed by atoms with E-state index in [0.29, 0.717) is 12.0 Å². The van der Waals surface area contributed by atoms with E-state index in [2.05, 4.69) is 11.8 Å². The van der Waals surface area contributed by atoms with E-state index in [0.717, 1.165) is 5.56 Å². The van der Waals surface area contributed by atoms with E-state index in [1.165, 1.54) is 70.6 Å². The molecule has 0 unspecified atom stereocenters. The van der Waals surface area contributed by atoms with Crippen LogP contribution in [0.3, 0.4) is 0 Å². The lowest BCUT2D eigenvalue weighted by atomic mass is 10.1. The molecule has 1 aliphatic heterocycles. The lowest BCUT2D eigenvalue weighted by Gasteiger charge is -2.18. The number of hydrogen-bond acceptors (Lipinski definition) is 3. The number of benzene rings is 1. The molecule has 0 radical (unpaired) electrons. The fraction of sp³-hybridized carbons (Fsp3) is 0.667. The molecular weight excluding hydrogens is 298 g/mol. The van der Waals surface area contributed by atoms with Crippen molar-refractivity contribution in [2.45, 2.75) is 72.1 Å². The molecule has 0 atom stereocenters. The number of carbonyl (C=O) groups excluding carboxylic acids is 1. The van der Waals surface area contributed by atoms with Crippen LogP contribution in [0.5, 0.6) is 5.75 Å². The number of phenolic OH excluding ortho intramolecular Hbond substituents is 1. The third-order valence-corrected chi connectivity index (χ3v) is 4.63. The van der Waals surface area contributed by atoms with Gasteiger partial charge in [0.25, 0.3) is 0 Å². The molecule has 3 nitrogen and oxygen atoms in total. The summed E-state index contributed by atoms with van der Waals surface area (Å²) in [5, 5.41) is 9.29. The Bertz CT molecular complexity index is 477. The Morgan fingerprint density at radius 1 is 1.08 bits per heavy atom. The number of hydrogen-bond donors (Lipinski definition) is 1. The minimum atomic E-state index is 0.0605. The number of likely N-dealkylation sites (tertiary alicyclic amines) is 1. The number of ketones is 1. The first kappa shape index (κ1) is 20.7. The molecule has 1 heterocycles. The second kappa shape index (κ2) is 12.1. The lowest BCUT2D eigenvalue weighted by molar-refractivity contribution is 0.0988. The van der Waals surface area contributed by atoms with Gasteiger partial charge in [-0.05, 0) is 57.5 Å². The summed E-state index contributed by atoms with van der Waals surface area (Å²) in [4.78, 5) is 13.8. The van der Waals surface area contributed by atoms with Crippen molar-refractivity contribution in [3.8, 4) is 5.75 Å². The molecule has 0 aliphatic carbocycles. The summed E-state index contributed by atoms with van der Waals surface area (Å²) in [6.07, 6.45) is 10.5. The molecule has 0 spiro atoms. The number of aryl methyl sites for hydroxylation is 1. The summed E-state index contributed by atoms with van der Waals surface area (Å²) in [6, 6.07) is 5.00. The van der Waals surface area contributed by atoms with Crippen molar-refractivity contribution in [1.82, 2.24) is 4.90 Å². The van der Waals surface area contributed by atoms with Crippen molar-refractivity contribution in [1.29, 1.82) is 0 Å². The maximum atomic E-state index is 11.2. The third-order valence-electron chi connectivity index (χ3n) is 4.63. The van der Waals surface area contributed by atoms with Gasteiger partial charge in [-0.3, -0.25) is 4.79 Å². The van der Waals surface area contributed by atoms with Crippen molar-refractivity contribution >= 4 is 5.78 Å². The highest BCUT2D eigenvalue weighted by Gasteiger charge is 2.07. The van der Waals surface area contributed by atoms with Gasteiger partial charge in [-0.2, -0.15) is 0 Å². The Balaban J connectivity index is 0.000000240. The molecular formula is C21H35NO2. The highest BCUT2D eigenvalue weighted by atomic mass is 16.3. The van der Waals surface area contributed by atoms with Crippen LogP contribution in [0.2, 0.25) is 0 Å². The zero-order chi connectivity index (χ0) is 17.8. The van der Waals surface area contributed by atoms with Gasteiger partial charge in [-0.15, -0.1) is 0 Å². The monoisotopic (exact) mass is 333 g/mol. The van der Waals surface area contributed by atoms with Crippen LogP contribution < -0.4 is 0 Å². The number of aromatic hydroxyl groups is 1. The second-order valence-electron chi connectivity index (χ2n) is 6.74. The van der Waals surface area contributed by atoms with E-state index in [4.69, 9.17) is 0 Å². The first-order valence-corrected chi connectivity index (χ1v) is 9.63. The molecule has 1 aromatic carbocycles. The van der Waals surface area contributed by atoms with Crippen LogP contribution in [0.15, 0.2) is 18.2 Å². The predicted octanol–water partition coefficient (Wildman–Crippen LogP) is 5.35. The molecule has 2 rings (SSSR count). The van der Waals surface area contributed by atoms with Gasteiger partial charge in [-0.25, -0.2) is 0 Å². The van der Waals surface area contributed by atoms with Crippen molar-refractivity contribution in [3.05, 3.63) is 29.3 Å². The van der Waals surface area contributed by atoms with E-state index in [9.17, 15) is 9.90 Å². The zero-order valence-corrected chi connectivity index (χ0v) is 15.8. The fourth-order valence-corrected chi connectivity index (χ4v) is 2.93. The van der Waals surface area contributed by atoms with E-state index < -0.39 is 0 Å². The standard InChI is InChI=1S/C11H23N.C10H12O2/c1-2-3-6-9-12-10-7-4-5-8-11-12;1-3-9(11)8-5-4-7(2)10(12)6-8/h2-11H2,1H3;4-6,12H,3H2,1-2H3. The number of nitrogens with zero attached hydrogens (tertiary/aromatic N) is 1. The van der Waals surface area contributed by atoms with Crippen LogP contribution in [0, 0.1) is 6.92 Å². The fourth-order valence-electron chi connectivity index (χ4n) is 2.93. The number of Topliss-reactive ketones (excluding diaryl/α,β-unsaturated/α-hetero) is 1. The first-order valence-electron chi connectivity index (χ1n) is 9.63. The summed E-state index contributed by atoms with van der Waals surface area (Å²) in [5.41, 5.74) is 1.38. The minimum absolute atomic E-state index is 0.0605. The van der Waals surface area contributed by atoms with Crippen LogP contribution in [0.25, 0.3) is 0 Å². The summed E-state index contributed by atoms with van der Waals surface area (Å²) in [5.74, 6) is 0.250. The largest absolute Gasteiger partial charge is 0.508 e. The minimum Gasteiger partial charge on any atom is -0.508 e. The van der Waals surface area contributed by atoms with Gasteiger partial charge in [0.15, 0.2) is 5.78 Å². The van der Waals surface area contributed by atoms with Gasteiger partial charge in [0.2, 0.25) is 0 Å². The molecule has 0 bridgehead atoms. The maximum absolute atomic E-state index is 11.2. The molecule has 1 N–H and O–H groups in total. The van der Waals surface area contributed by atoms with Crippen molar-refractivity contribution in [3.63, 3.8) is 0 Å². The molecule has 3 heteroatoms. The summed E-state index contributed by atoms with van der Waals surface area (Å²) in [7, 11) is 0. The molecule has 0 aromatic heterocycles. The molecule has 0 amide bonds. The van der Waals surface area contributed by atoms with Gasteiger partial charge in [0.1, 0.15) is 5.75 Å². The Morgan fingerprint density at radius 3 is 2.29 bits per heavy atom. The first-order chi connectivity index (χ1) is 11.6. The Morgan fingerprint density at radius 2 is 1.75 bits per heavy atom. The second-order valence-corrected chi connectivity index (χ2v) is 6.74. The topological polar surface area (TPSA) is 40.5 Å². The Hall–Kier alpha value is -1.35. The van der Waals surface area contributed by atoms with Crippen LogP contribution in [0.1, 0.15) is 81.1 Å². The Kier molecular flexibility index (Phi) is 10.4. The van der Waals surface area contributed by atoms with Gasteiger partial charge in [0, 0.05) is 12.0 Å². The van der Waals surface area contributed by atoms with Crippen LogP contribution in [0.4, 0.5) is 0 Å². The molecule has 1 aromatic rings. The highest BCUT2D eigenvalue weighted by Crippen LogP contribution is 2.18. The third kappa shape index (κ3) is 7.96. The van der Waals surface area contributed by atoms with Gasteiger partial charge in [-0.1, -0.05) is 51.7 Å². The SMILES string of the molecule is CCC(=O)c1ccc(C)c(O)c1.CCCCCN1CCCCCC1. The average Bonchev–Trinajstić information content (AvgIpc) is 2.86. The quantitative estimate of drug-likeness (QED) is 0.564. The molecule has 24 heavy (non-hydrogen) atoms. The van der Waals surface area contributed by atoms with Crippen LogP contribution >= 0.6 is 0 Å². The van der Waals surface area contributed by atoms with E-state index >= 15 is 0 Å². The lowest BCUT2D eigenvalue weighted by Crippen LogP contribution is -2.25. The van der Waals surface area contributed by atoms with Crippen LogP contribution in [-0.4, -0.2) is 35.4 Å². The molecule has 1 fully saturated rings. The normalized spacial score (nSPS) is 15.3. The van der Waals surface area contributed by atoms with E-state index in [1.807, 2.05) is 0 Å². The number of phenols is 1. The molecule has 1 saturated heterocycles. The smallest absolute Gasteiger partial charge is 0.162 e. The van der Waals surface area contributed by atoms with Gasteiger partial charge in [0.05, 0.1) is 0 Å².